The Kier molecular flexibility index (Phi) is 28.3. The van der Waals surface area contributed by atoms with E-state index >= 15 is 26.3 Å². The van der Waals surface area contributed by atoms with E-state index in [1.807, 2.05) is 0 Å². The largest absolute Gasteiger partial charge is 0.418 e. The van der Waals surface area contributed by atoms with Crippen LogP contribution in [-0.2, 0) is 57.2 Å². The Balaban J connectivity index is -0.00000138. The van der Waals surface area contributed by atoms with Crippen LogP contribution in [0.4, 0.5) is 159 Å². The molecule has 0 aromatic carbocycles. The van der Waals surface area contributed by atoms with Crippen LogP contribution in [0, 0.1) is 0 Å². The van der Waals surface area contributed by atoms with E-state index in [1.165, 1.54) is 0 Å². The molecule has 3 N–H and O–H groups in total. The first-order chi connectivity index (χ1) is 42.7. The van der Waals surface area contributed by atoms with Gasteiger partial charge in [-0.2, -0.15) is 105 Å². The minimum Gasteiger partial charge on any atom is -0.418 e. The maximum Gasteiger partial charge on any atom is 0.390 e. The fourth-order valence-electron chi connectivity index (χ4n) is 8.32. The third kappa shape index (κ3) is 13.2. The van der Waals surface area contributed by atoms with Gasteiger partial charge in [0.2, 0.25) is 11.2 Å². The van der Waals surface area contributed by atoms with Crippen LogP contribution in [0.25, 0.3) is 0 Å². The second-order valence-corrected chi connectivity index (χ2v) is 19.6. The lowest BCUT2D eigenvalue weighted by Gasteiger charge is -2.54. The van der Waals surface area contributed by atoms with Crippen molar-refractivity contribution < 1.29 is 232 Å². The summed E-state index contributed by atoms with van der Waals surface area (Å²) < 4.78 is 497. The zero-order valence-corrected chi connectivity index (χ0v) is 47.5. The normalized spacial score (nSPS) is 36.8. The summed E-state index contributed by atoms with van der Waals surface area (Å²) in [7, 11) is 0. The van der Waals surface area contributed by atoms with Crippen LogP contribution in [0.5, 0.6) is 0 Å². The van der Waals surface area contributed by atoms with Crippen molar-refractivity contribution >= 4 is 35.8 Å². The summed E-state index contributed by atoms with van der Waals surface area (Å²) in [5.41, 5.74) is -37.4. The number of halogens is 36. The van der Waals surface area contributed by atoms with Crippen molar-refractivity contribution in [3.8, 4) is 0 Å². The molecule has 0 bridgehead atoms. The third-order valence-electron chi connectivity index (χ3n) is 13.9. The summed E-state index contributed by atoms with van der Waals surface area (Å²) in [6.07, 6.45) is -11.6. The highest BCUT2D eigenvalue weighted by Crippen LogP contribution is 2.69. The lowest BCUT2D eigenvalue weighted by Crippen LogP contribution is -2.84. The van der Waals surface area contributed by atoms with Crippen molar-refractivity contribution in [1.82, 2.24) is 0 Å². The molecule has 3 fully saturated rings. The second kappa shape index (κ2) is 29.3. The lowest BCUT2D eigenvalue weighted by atomic mass is 9.69. The van der Waals surface area contributed by atoms with Crippen molar-refractivity contribution in [2.75, 3.05) is 40.0 Å². The van der Waals surface area contributed by atoms with E-state index in [-0.39, 0.29) is 50.6 Å². The molecule has 0 amide bonds. The van der Waals surface area contributed by atoms with Gasteiger partial charge in [-0.05, 0) is 0 Å². The SMILES string of the molecule is C=CC(=O)OC1(F)CC(F)(OC(=O)C=C)C(F)(F)C(F)(CF)C(F)(F)C(F)(CF)C1(F)F.C=CC(=O)OC1(F)CC(F)(OC(=O)C=C)C(F)(F)C(F)(CF)C(F)(F)C(O)(CF)C1(F)F.C=CC(=O)OC1(F)CC(O)(CF)C(F)(F)C(O)(CF)C(F)(F)C(F)(OC(=O)C=C)C1(F)F.F.F.F. The van der Waals surface area contributed by atoms with Crippen molar-refractivity contribution in [3.63, 3.8) is 0 Å². The van der Waals surface area contributed by atoms with Crippen LogP contribution in [0.1, 0.15) is 19.3 Å². The Morgan fingerprint density at radius 3 is 0.707 bits per heavy atom. The van der Waals surface area contributed by atoms with E-state index in [0.29, 0.717) is 0 Å². The minimum atomic E-state index is -7.28. The molecule has 0 spiro atoms. The molecule has 0 aliphatic heterocycles. The van der Waals surface area contributed by atoms with Gasteiger partial charge in [0.05, 0.1) is 6.42 Å². The van der Waals surface area contributed by atoms with Gasteiger partial charge in [-0.15, -0.1) is 0 Å². The van der Waals surface area contributed by atoms with Gasteiger partial charge in [-0.1, -0.05) is 39.5 Å². The summed E-state index contributed by atoms with van der Waals surface area (Å²) in [5, 5.41) is 28.9. The molecule has 3 saturated carbocycles. The number of carbonyl (C=O) groups is 6. The van der Waals surface area contributed by atoms with Crippen LogP contribution in [0.2, 0.25) is 0 Å². The number of aliphatic hydroxyl groups is 3. The molecule has 99 heavy (non-hydrogen) atoms. The lowest BCUT2D eigenvalue weighted by molar-refractivity contribution is -0.471. The summed E-state index contributed by atoms with van der Waals surface area (Å²) in [4.78, 5) is 67.3. The molecule has 51 heteroatoms. The standard InChI is InChI=1S/C16H12F12O4.C16H13F11O5.C16H14F10O6.3FH/c1-3-8(29)31-12(21)5-13(22,32-9(30)4-2)16(27,28)11(20,7-18)14(23,24)10(19,6-17)15(12,25)26;1-3-8(28)31-12(20)5-13(21,32-9(29)4-2)16(26,27)11(30,7-18)14(22,23)10(19,6-17)15(12,24)25;1-3-8(27)31-12(19)5-10(29,6-17)13(20,21)11(30,7-18)14(22,23)16(26,15(12,24)25)32-9(28)4-2;;;/h3-4H,1-2,5-7H2;3-4,30H,1-2,5-7H2;3-4,29-30H,1-2,5-7H2;3*1H. The molecule has 0 heterocycles. The highest BCUT2D eigenvalue weighted by Gasteiger charge is 2.97. The van der Waals surface area contributed by atoms with Crippen LogP contribution in [-0.4, -0.2) is 213 Å². The van der Waals surface area contributed by atoms with Crippen LogP contribution < -0.4 is 0 Å². The second-order valence-electron chi connectivity index (χ2n) is 19.6. The number of esters is 6. The highest BCUT2D eigenvalue weighted by molar-refractivity contribution is 5.84. The third-order valence-corrected chi connectivity index (χ3v) is 13.9. The van der Waals surface area contributed by atoms with E-state index in [1.54, 1.807) is 0 Å². The van der Waals surface area contributed by atoms with Crippen LogP contribution >= 0.6 is 0 Å². The molecule has 0 aromatic heterocycles. The molecule has 0 radical (unpaired) electrons. The number of hydrogen-bond donors (Lipinski definition) is 3. The fourth-order valence-corrected chi connectivity index (χ4v) is 8.32. The molecule has 12 atom stereocenters. The first-order valence-electron chi connectivity index (χ1n) is 24.0. The number of carbonyl (C=O) groups excluding carboxylic acids is 6. The Morgan fingerprint density at radius 2 is 0.485 bits per heavy atom. The van der Waals surface area contributed by atoms with Crippen LogP contribution in [0.3, 0.4) is 0 Å². The predicted molar refractivity (Wildman–Crippen MR) is 249 cm³/mol. The van der Waals surface area contributed by atoms with Crippen molar-refractivity contribution in [2.24, 2.45) is 0 Å². The molecule has 576 valence electrons. The first kappa shape index (κ1) is 95.8. The monoisotopic (exact) mass is 1540 g/mol. The van der Waals surface area contributed by atoms with Gasteiger partial charge in [0.1, 0.15) is 52.9 Å². The van der Waals surface area contributed by atoms with Gasteiger partial charge in [0.15, 0.2) is 5.60 Å². The maximum atomic E-state index is 15.2. The zero-order valence-electron chi connectivity index (χ0n) is 47.5. The maximum absolute atomic E-state index is 15.2. The van der Waals surface area contributed by atoms with Crippen molar-refractivity contribution in [1.29, 1.82) is 0 Å². The number of rotatable bonds is 18. The fraction of sp³-hybridized carbons (Fsp3) is 0.625. The predicted octanol–water partition coefficient (Wildman–Crippen LogP) is 10.9. The average molecular weight is 1540 g/mol. The zero-order chi connectivity index (χ0) is 76.8. The summed E-state index contributed by atoms with van der Waals surface area (Å²) in [5.74, 6) is -113. The van der Waals surface area contributed by atoms with Gasteiger partial charge < -0.3 is 43.7 Å². The van der Waals surface area contributed by atoms with E-state index < -0.39 is 217 Å². The summed E-state index contributed by atoms with van der Waals surface area (Å²) >= 11 is 0. The highest BCUT2D eigenvalue weighted by atomic mass is 19.3. The quantitative estimate of drug-likeness (QED) is 0.0503. The van der Waals surface area contributed by atoms with Gasteiger partial charge >= 0.3 is 124 Å². The molecule has 12 unspecified atom stereocenters. The van der Waals surface area contributed by atoms with E-state index in [0.717, 1.165) is 0 Å². The molecular weight excluding hydrogens is 1500 g/mol. The number of ether oxygens (including phenoxy) is 6. The van der Waals surface area contributed by atoms with Crippen LogP contribution in [0.15, 0.2) is 75.9 Å². The molecule has 15 nitrogen and oxygen atoms in total. The first-order valence-corrected chi connectivity index (χ1v) is 24.0. The van der Waals surface area contributed by atoms with Gasteiger partial charge in [-0.3, -0.25) is 14.1 Å². The molecule has 3 aliphatic carbocycles. The topological polar surface area (TPSA) is 218 Å². The Labute approximate surface area is 524 Å². The van der Waals surface area contributed by atoms with Gasteiger partial charge in [-0.25, -0.2) is 68.3 Å². The number of alkyl halides is 33. The van der Waals surface area contributed by atoms with Gasteiger partial charge in [0, 0.05) is 36.5 Å². The van der Waals surface area contributed by atoms with Crippen molar-refractivity contribution in [3.05, 3.63) is 75.9 Å². The number of hydrogen-bond acceptors (Lipinski definition) is 15. The van der Waals surface area contributed by atoms with Gasteiger partial charge in [0.25, 0.3) is 17.0 Å². The molecule has 3 aliphatic rings. The minimum absolute atomic E-state index is 0. The van der Waals surface area contributed by atoms with E-state index in [4.69, 9.17) is 0 Å². The summed E-state index contributed by atoms with van der Waals surface area (Å²) in [6.45, 7) is -6.51. The van der Waals surface area contributed by atoms with E-state index in [9.17, 15) is 163 Å². The average Bonchev–Trinajstić information content (AvgIpc) is 0.692. The van der Waals surface area contributed by atoms with E-state index in [2.05, 4.69) is 67.9 Å². The molecule has 3 rings (SSSR count). The molecule has 0 saturated heterocycles. The Bertz CT molecular complexity index is 2740. The summed E-state index contributed by atoms with van der Waals surface area (Å²) in [6, 6.07) is 0. The Morgan fingerprint density at radius 1 is 0.273 bits per heavy atom. The molecular formula is C48H42F36O15. The molecule has 0 aromatic rings. The smallest absolute Gasteiger partial charge is 0.390 e. The van der Waals surface area contributed by atoms with Crippen molar-refractivity contribution in [2.45, 2.75) is 142 Å². The Hall–Kier alpha value is -7.38.